The molecule has 140 valence electrons. The van der Waals surface area contributed by atoms with Gasteiger partial charge in [0.05, 0.1) is 6.61 Å². The Balaban J connectivity index is 2.23. The first-order chi connectivity index (χ1) is 13.1. The van der Waals surface area contributed by atoms with E-state index in [1.807, 2.05) is 0 Å². The van der Waals surface area contributed by atoms with Crippen LogP contribution in [0.25, 0.3) is 0 Å². The Kier molecular flexibility index (Phi) is 5.64. The molecule has 0 aromatic heterocycles. The molecule has 3 aromatic rings. The zero-order chi connectivity index (χ0) is 19.3. The van der Waals surface area contributed by atoms with Gasteiger partial charge >= 0.3 is 0 Å². The first-order valence-corrected chi connectivity index (χ1v) is 8.69. The maximum Gasteiger partial charge on any atom is 0.143 e. The minimum absolute atomic E-state index is 0.00316. The average molecular weight is 366 g/mol. The normalized spacial score (nSPS) is 11.4. The number of hydrogen-bond acceptors (Lipinski definition) is 5. The molecule has 0 saturated carbocycles. The van der Waals surface area contributed by atoms with Crippen molar-refractivity contribution in [2.75, 3.05) is 13.2 Å². The van der Waals surface area contributed by atoms with Gasteiger partial charge < -0.3 is 25.2 Å². The van der Waals surface area contributed by atoms with Crippen molar-refractivity contribution in [2.24, 2.45) is 0 Å². The van der Waals surface area contributed by atoms with Gasteiger partial charge in [0.1, 0.15) is 22.8 Å². The Hall–Kier alpha value is -3.02. The van der Waals surface area contributed by atoms with E-state index < -0.39 is 5.60 Å². The van der Waals surface area contributed by atoms with Crippen LogP contribution in [0.2, 0.25) is 0 Å². The van der Waals surface area contributed by atoms with Crippen molar-refractivity contribution in [2.45, 2.75) is 12.0 Å². The van der Waals surface area contributed by atoms with Crippen LogP contribution in [0.3, 0.4) is 0 Å². The van der Waals surface area contributed by atoms with Crippen LogP contribution in [0, 0.1) is 0 Å². The third-order valence-corrected chi connectivity index (χ3v) is 4.44. The number of benzene rings is 3. The van der Waals surface area contributed by atoms with Crippen molar-refractivity contribution in [3.8, 4) is 17.2 Å². The molecule has 0 aliphatic heterocycles. The molecule has 0 atom stereocenters. The summed E-state index contributed by atoms with van der Waals surface area (Å²) in [5.41, 5.74) is 1.28. The highest BCUT2D eigenvalue weighted by Gasteiger charge is 2.37. The lowest BCUT2D eigenvalue weighted by Crippen LogP contribution is -2.33. The lowest BCUT2D eigenvalue weighted by molar-refractivity contribution is 0.00592. The minimum Gasteiger partial charge on any atom is -0.508 e. The summed E-state index contributed by atoms with van der Waals surface area (Å²) in [5, 5.41) is 38.3. The largest absolute Gasteiger partial charge is 0.508 e. The molecule has 0 aliphatic carbocycles. The molecule has 0 spiro atoms. The molecule has 0 fully saturated rings. The van der Waals surface area contributed by atoms with Crippen molar-refractivity contribution in [1.29, 1.82) is 0 Å². The number of rotatable bonds is 7. The second kappa shape index (κ2) is 8.12. The van der Waals surface area contributed by atoms with E-state index in [0.29, 0.717) is 13.0 Å². The van der Waals surface area contributed by atoms with Gasteiger partial charge in [0.2, 0.25) is 0 Å². The van der Waals surface area contributed by atoms with Crippen LogP contribution >= 0.6 is 0 Å². The fourth-order valence-corrected chi connectivity index (χ4v) is 3.13. The quantitative estimate of drug-likeness (QED) is 0.380. The highest BCUT2D eigenvalue weighted by Crippen LogP contribution is 2.42. The molecule has 0 bridgehead atoms. The highest BCUT2D eigenvalue weighted by atomic mass is 16.5. The van der Waals surface area contributed by atoms with Gasteiger partial charge in [0, 0.05) is 6.61 Å². The van der Waals surface area contributed by atoms with E-state index >= 15 is 0 Å². The van der Waals surface area contributed by atoms with E-state index in [-0.39, 0.29) is 23.9 Å². The molecule has 3 rings (SSSR count). The molecule has 0 unspecified atom stereocenters. The Morgan fingerprint density at radius 2 is 0.926 bits per heavy atom. The van der Waals surface area contributed by atoms with E-state index in [0.717, 1.165) is 16.7 Å². The van der Waals surface area contributed by atoms with Crippen molar-refractivity contribution < 1.29 is 25.2 Å². The highest BCUT2D eigenvalue weighted by molar-refractivity contribution is 5.50. The zero-order valence-corrected chi connectivity index (χ0v) is 14.7. The number of phenols is 3. The first kappa shape index (κ1) is 18.8. The lowest BCUT2D eigenvalue weighted by Gasteiger charge is -2.36. The summed E-state index contributed by atoms with van der Waals surface area (Å²) in [6.45, 7) is 0.288. The number of aliphatic hydroxyl groups is 1. The monoisotopic (exact) mass is 366 g/mol. The molecule has 0 radical (unpaired) electrons. The van der Waals surface area contributed by atoms with Gasteiger partial charge in [-0.25, -0.2) is 0 Å². The molecule has 0 aliphatic rings. The molecular formula is C22H22O5. The summed E-state index contributed by atoms with van der Waals surface area (Å²) >= 11 is 0. The molecule has 0 heterocycles. The van der Waals surface area contributed by atoms with Gasteiger partial charge in [-0.2, -0.15) is 0 Å². The number of aliphatic hydroxyl groups excluding tert-OH is 1. The third-order valence-electron chi connectivity index (χ3n) is 4.44. The van der Waals surface area contributed by atoms with Gasteiger partial charge in [-0.15, -0.1) is 0 Å². The SMILES string of the molecule is OCCCOC(c1ccc(O)cc1)(c1ccc(O)cc1)c1ccc(O)cc1. The minimum atomic E-state index is -1.04. The number of aromatic hydroxyl groups is 3. The van der Waals surface area contributed by atoms with Crippen LogP contribution in [0.15, 0.2) is 72.8 Å². The summed E-state index contributed by atoms with van der Waals surface area (Å²) in [7, 11) is 0. The van der Waals surface area contributed by atoms with E-state index in [1.54, 1.807) is 72.8 Å². The second-order valence-electron chi connectivity index (χ2n) is 6.25. The molecule has 0 saturated heterocycles. The number of phenolic OH excluding ortho intramolecular Hbond substituents is 3. The fraction of sp³-hybridized carbons (Fsp3) is 0.182. The zero-order valence-electron chi connectivity index (χ0n) is 14.7. The molecule has 27 heavy (non-hydrogen) atoms. The van der Waals surface area contributed by atoms with Gasteiger partial charge in [-0.1, -0.05) is 36.4 Å². The van der Waals surface area contributed by atoms with Crippen molar-refractivity contribution in [3.05, 3.63) is 89.5 Å². The molecule has 5 nitrogen and oxygen atoms in total. The Labute approximate surface area is 157 Å². The van der Waals surface area contributed by atoms with Gasteiger partial charge in [-0.3, -0.25) is 0 Å². The summed E-state index contributed by atoms with van der Waals surface area (Å²) < 4.78 is 6.34. The van der Waals surface area contributed by atoms with Crippen LogP contribution in [0.4, 0.5) is 0 Å². The summed E-state index contributed by atoms with van der Waals surface area (Å²) in [6, 6.07) is 20.1. The van der Waals surface area contributed by atoms with Crippen LogP contribution in [0.5, 0.6) is 17.2 Å². The van der Waals surface area contributed by atoms with Crippen molar-refractivity contribution in [1.82, 2.24) is 0 Å². The number of ether oxygens (including phenoxy) is 1. The van der Waals surface area contributed by atoms with Crippen molar-refractivity contribution in [3.63, 3.8) is 0 Å². The lowest BCUT2D eigenvalue weighted by atomic mass is 9.80. The summed E-state index contributed by atoms with van der Waals surface area (Å²) in [4.78, 5) is 0. The molecule has 5 heteroatoms. The maximum absolute atomic E-state index is 9.71. The summed E-state index contributed by atoms with van der Waals surface area (Å²) in [5.74, 6) is 0.415. The van der Waals surface area contributed by atoms with Crippen LogP contribution in [0.1, 0.15) is 23.1 Å². The Morgan fingerprint density at radius 3 is 1.22 bits per heavy atom. The van der Waals surface area contributed by atoms with E-state index in [4.69, 9.17) is 4.74 Å². The molecular weight excluding hydrogens is 344 g/mol. The smallest absolute Gasteiger partial charge is 0.143 e. The van der Waals surface area contributed by atoms with Crippen LogP contribution < -0.4 is 0 Å². The fourth-order valence-electron chi connectivity index (χ4n) is 3.13. The van der Waals surface area contributed by atoms with Crippen LogP contribution in [-0.4, -0.2) is 33.6 Å². The first-order valence-electron chi connectivity index (χ1n) is 8.69. The number of hydrogen-bond donors (Lipinski definition) is 4. The second-order valence-corrected chi connectivity index (χ2v) is 6.25. The van der Waals surface area contributed by atoms with Gasteiger partial charge in [0.25, 0.3) is 0 Å². The van der Waals surface area contributed by atoms with Crippen LogP contribution in [-0.2, 0) is 10.3 Å². The predicted octanol–water partition coefficient (Wildman–Crippen LogP) is 3.49. The molecule has 0 amide bonds. The third kappa shape index (κ3) is 3.89. The average Bonchev–Trinajstić information content (AvgIpc) is 2.68. The maximum atomic E-state index is 9.71. The van der Waals surface area contributed by atoms with E-state index in [1.165, 1.54) is 0 Å². The Bertz CT molecular complexity index is 744. The summed E-state index contributed by atoms with van der Waals surface area (Å²) in [6.07, 6.45) is 0.454. The van der Waals surface area contributed by atoms with Crippen molar-refractivity contribution >= 4 is 0 Å². The predicted molar refractivity (Wildman–Crippen MR) is 102 cm³/mol. The Morgan fingerprint density at radius 1 is 0.593 bits per heavy atom. The van der Waals surface area contributed by atoms with Gasteiger partial charge in [-0.05, 0) is 59.5 Å². The van der Waals surface area contributed by atoms with E-state index in [9.17, 15) is 20.4 Å². The van der Waals surface area contributed by atoms with E-state index in [2.05, 4.69) is 0 Å². The van der Waals surface area contributed by atoms with Gasteiger partial charge in [0.15, 0.2) is 0 Å². The molecule has 4 N–H and O–H groups in total. The molecule has 3 aromatic carbocycles. The topological polar surface area (TPSA) is 90.2 Å². The standard InChI is InChI=1S/C22H22O5/c23-14-1-15-27-22(16-2-8-19(24)9-3-16,17-4-10-20(25)11-5-17)18-6-12-21(26)13-7-18/h2-13,23-26H,1,14-15H2.